The number of nitrogens with one attached hydrogen (secondary N) is 1. The van der Waals surface area contributed by atoms with Crippen LogP contribution >= 0.6 is 0 Å². The van der Waals surface area contributed by atoms with Crippen LogP contribution in [0.3, 0.4) is 0 Å². The second-order valence-electron chi connectivity index (χ2n) is 6.20. The monoisotopic (exact) mass is 392 g/mol. The van der Waals surface area contributed by atoms with Crippen LogP contribution in [0, 0.1) is 19.7 Å². The van der Waals surface area contributed by atoms with Crippen LogP contribution in [0.4, 0.5) is 23.2 Å². The zero-order valence-electron chi connectivity index (χ0n) is 15.0. The molecule has 3 aromatic rings. The number of benzene rings is 1. The van der Waals surface area contributed by atoms with Crippen molar-refractivity contribution in [2.45, 2.75) is 26.4 Å². The number of aromatic nitrogens is 3. The molecule has 0 aliphatic carbocycles. The molecule has 0 aliphatic rings. The summed E-state index contributed by atoms with van der Waals surface area (Å²) in [7, 11) is 0. The average Bonchev–Trinajstić information content (AvgIpc) is 2.91. The molecule has 0 saturated heterocycles. The number of nitrogens with zero attached hydrogens (tertiary/aromatic N) is 3. The summed E-state index contributed by atoms with van der Waals surface area (Å²) in [5.41, 5.74) is 1.41. The fourth-order valence-electron chi connectivity index (χ4n) is 2.73. The Kier molecular flexibility index (Phi) is 5.17. The van der Waals surface area contributed by atoms with Gasteiger partial charge in [0.1, 0.15) is 5.82 Å². The van der Waals surface area contributed by atoms with Crippen molar-refractivity contribution >= 4 is 11.6 Å². The first kappa shape index (κ1) is 19.5. The molecule has 0 saturated carbocycles. The topological polar surface area (TPSA) is 59.8 Å². The van der Waals surface area contributed by atoms with Gasteiger partial charge in [-0.1, -0.05) is 0 Å². The predicted octanol–water partition coefficient (Wildman–Crippen LogP) is 4.22. The molecule has 0 radical (unpaired) electrons. The third-order valence-corrected chi connectivity index (χ3v) is 4.20. The summed E-state index contributed by atoms with van der Waals surface area (Å²) in [5, 5.41) is 6.95. The summed E-state index contributed by atoms with van der Waals surface area (Å²) >= 11 is 0. The normalized spacial score (nSPS) is 11.5. The molecular formula is C19H16F4N4O. The standard InChI is InChI=1S/C19H16F4N4O/c1-11-16(9-18(28)25-15-6-4-14(20)5-7-15)12(2)27(26-11)17-8-3-13(10-24-17)19(21,22)23/h3-8,10H,9H2,1-2H3,(H,25,28). The van der Waals surface area contributed by atoms with Gasteiger partial charge in [0, 0.05) is 23.1 Å². The fraction of sp³-hybridized carbons (Fsp3) is 0.211. The van der Waals surface area contributed by atoms with Gasteiger partial charge in [0.2, 0.25) is 5.91 Å². The van der Waals surface area contributed by atoms with Gasteiger partial charge in [-0.2, -0.15) is 18.3 Å². The van der Waals surface area contributed by atoms with Gasteiger partial charge in [0.05, 0.1) is 17.7 Å². The third-order valence-electron chi connectivity index (χ3n) is 4.20. The molecule has 9 heteroatoms. The van der Waals surface area contributed by atoms with E-state index in [0.29, 0.717) is 22.6 Å². The van der Waals surface area contributed by atoms with Crippen molar-refractivity contribution in [2.24, 2.45) is 0 Å². The van der Waals surface area contributed by atoms with Crippen molar-refractivity contribution in [3.8, 4) is 5.82 Å². The summed E-state index contributed by atoms with van der Waals surface area (Å²) in [4.78, 5) is 16.1. The van der Waals surface area contributed by atoms with E-state index in [1.54, 1.807) is 13.8 Å². The molecule has 0 atom stereocenters. The highest BCUT2D eigenvalue weighted by Gasteiger charge is 2.30. The Morgan fingerprint density at radius 2 is 1.79 bits per heavy atom. The highest BCUT2D eigenvalue weighted by molar-refractivity contribution is 5.92. The minimum Gasteiger partial charge on any atom is -0.326 e. The third kappa shape index (κ3) is 4.19. The van der Waals surface area contributed by atoms with Crippen LogP contribution in [0.15, 0.2) is 42.6 Å². The van der Waals surface area contributed by atoms with Gasteiger partial charge in [-0.3, -0.25) is 4.79 Å². The Balaban J connectivity index is 1.79. The van der Waals surface area contributed by atoms with Crippen molar-refractivity contribution in [1.82, 2.24) is 14.8 Å². The van der Waals surface area contributed by atoms with Crippen LogP contribution in [0.2, 0.25) is 0 Å². The summed E-state index contributed by atoms with van der Waals surface area (Å²) < 4.78 is 52.4. The summed E-state index contributed by atoms with van der Waals surface area (Å²) in [5.74, 6) is -0.508. The van der Waals surface area contributed by atoms with Crippen molar-refractivity contribution < 1.29 is 22.4 Å². The lowest BCUT2D eigenvalue weighted by molar-refractivity contribution is -0.137. The van der Waals surface area contributed by atoms with Gasteiger partial charge in [-0.05, 0) is 50.2 Å². The molecule has 1 aromatic carbocycles. The Morgan fingerprint density at radius 3 is 2.36 bits per heavy atom. The Hall–Kier alpha value is -3.23. The Labute approximate surface area is 158 Å². The van der Waals surface area contributed by atoms with E-state index in [4.69, 9.17) is 0 Å². The molecule has 28 heavy (non-hydrogen) atoms. The SMILES string of the molecule is Cc1nn(-c2ccc(C(F)(F)F)cn2)c(C)c1CC(=O)Nc1ccc(F)cc1. The number of carbonyl (C=O) groups is 1. The maximum absolute atomic E-state index is 12.9. The molecule has 5 nitrogen and oxygen atoms in total. The second-order valence-corrected chi connectivity index (χ2v) is 6.20. The zero-order valence-corrected chi connectivity index (χ0v) is 15.0. The highest BCUT2D eigenvalue weighted by Crippen LogP contribution is 2.29. The molecule has 146 valence electrons. The number of carbonyl (C=O) groups excluding carboxylic acids is 1. The number of rotatable bonds is 4. The number of aryl methyl sites for hydroxylation is 1. The van der Waals surface area contributed by atoms with E-state index in [0.717, 1.165) is 12.3 Å². The van der Waals surface area contributed by atoms with Crippen LogP contribution in [0.1, 0.15) is 22.5 Å². The Bertz CT molecular complexity index is 993. The molecule has 0 fully saturated rings. The van der Waals surface area contributed by atoms with Gasteiger partial charge in [-0.25, -0.2) is 14.1 Å². The lowest BCUT2D eigenvalue weighted by Crippen LogP contribution is -2.15. The van der Waals surface area contributed by atoms with Crippen molar-refractivity contribution in [1.29, 1.82) is 0 Å². The largest absolute Gasteiger partial charge is 0.417 e. The van der Waals surface area contributed by atoms with Gasteiger partial charge in [0.25, 0.3) is 0 Å². The van der Waals surface area contributed by atoms with Crippen LogP contribution < -0.4 is 5.32 Å². The summed E-state index contributed by atoms with van der Waals surface area (Å²) in [6.07, 6.45) is -3.72. The number of anilines is 1. The van der Waals surface area contributed by atoms with Gasteiger partial charge >= 0.3 is 6.18 Å². The Morgan fingerprint density at radius 1 is 1.11 bits per heavy atom. The number of hydrogen-bond acceptors (Lipinski definition) is 3. The average molecular weight is 392 g/mol. The van der Waals surface area contributed by atoms with Crippen molar-refractivity contribution in [2.75, 3.05) is 5.32 Å². The number of halogens is 4. The maximum Gasteiger partial charge on any atom is 0.417 e. The lowest BCUT2D eigenvalue weighted by Gasteiger charge is -2.08. The molecule has 2 aromatic heterocycles. The number of amides is 1. The van der Waals surface area contributed by atoms with E-state index < -0.39 is 17.6 Å². The molecule has 0 bridgehead atoms. The van der Waals surface area contributed by atoms with E-state index in [1.165, 1.54) is 35.0 Å². The molecule has 2 heterocycles. The first-order valence-electron chi connectivity index (χ1n) is 8.29. The number of pyridine rings is 1. The molecule has 0 unspecified atom stereocenters. The molecule has 1 N–H and O–H groups in total. The minimum absolute atomic E-state index is 0.00960. The van der Waals surface area contributed by atoms with E-state index in [-0.39, 0.29) is 18.1 Å². The molecule has 3 rings (SSSR count). The molecule has 1 amide bonds. The number of hydrogen-bond donors (Lipinski definition) is 1. The maximum atomic E-state index is 12.9. The molecular weight excluding hydrogens is 376 g/mol. The molecule has 0 aliphatic heterocycles. The quantitative estimate of drug-likeness (QED) is 0.677. The van der Waals surface area contributed by atoms with Gasteiger partial charge in [0.15, 0.2) is 5.82 Å². The highest BCUT2D eigenvalue weighted by atomic mass is 19.4. The van der Waals surface area contributed by atoms with Crippen molar-refractivity contribution in [3.05, 3.63) is 70.9 Å². The smallest absolute Gasteiger partial charge is 0.326 e. The first-order chi connectivity index (χ1) is 13.1. The molecule has 0 spiro atoms. The van der Waals surface area contributed by atoms with Gasteiger partial charge < -0.3 is 5.32 Å². The first-order valence-corrected chi connectivity index (χ1v) is 8.29. The number of alkyl halides is 3. The van der Waals surface area contributed by atoms with E-state index in [9.17, 15) is 22.4 Å². The summed E-state index contributed by atoms with van der Waals surface area (Å²) in [6, 6.07) is 7.52. The minimum atomic E-state index is -4.47. The fourth-order valence-corrected chi connectivity index (χ4v) is 2.73. The van der Waals surface area contributed by atoms with Crippen LogP contribution in [-0.2, 0) is 17.4 Å². The van der Waals surface area contributed by atoms with E-state index in [2.05, 4.69) is 15.4 Å². The van der Waals surface area contributed by atoms with Crippen molar-refractivity contribution in [3.63, 3.8) is 0 Å². The van der Waals surface area contributed by atoms with E-state index >= 15 is 0 Å². The van der Waals surface area contributed by atoms with Crippen LogP contribution in [0.5, 0.6) is 0 Å². The predicted molar refractivity (Wildman–Crippen MR) is 94.6 cm³/mol. The lowest BCUT2D eigenvalue weighted by atomic mass is 10.1. The van der Waals surface area contributed by atoms with Crippen LogP contribution in [0.25, 0.3) is 5.82 Å². The zero-order chi connectivity index (χ0) is 20.5. The second kappa shape index (κ2) is 7.41. The van der Waals surface area contributed by atoms with Gasteiger partial charge in [-0.15, -0.1) is 0 Å². The summed E-state index contributed by atoms with van der Waals surface area (Å²) in [6.45, 7) is 3.41. The van der Waals surface area contributed by atoms with Crippen LogP contribution in [-0.4, -0.2) is 20.7 Å². The van der Waals surface area contributed by atoms with E-state index in [1.807, 2.05) is 0 Å².